The summed E-state index contributed by atoms with van der Waals surface area (Å²) in [6.07, 6.45) is 5.62. The van der Waals surface area contributed by atoms with E-state index in [9.17, 15) is 9.18 Å². The van der Waals surface area contributed by atoms with Gasteiger partial charge in [-0.25, -0.2) is 14.1 Å². The number of carbonyl (C=O) groups excluding carboxylic acids is 1. The summed E-state index contributed by atoms with van der Waals surface area (Å²) < 4.78 is 15.1. The molecule has 2 aromatic heterocycles. The summed E-state index contributed by atoms with van der Waals surface area (Å²) in [4.78, 5) is 15.2. The SMILES string of the molecule is CC(C)c1nn(-c2ccccn2)c(-c2ccc(F)cc2)c1C=CC=O. The molecule has 0 amide bonds. The molecule has 0 spiro atoms. The fourth-order valence-corrected chi connectivity index (χ4v) is 2.70. The normalized spacial score (nSPS) is 11.4. The van der Waals surface area contributed by atoms with Gasteiger partial charge in [-0.3, -0.25) is 4.79 Å². The zero-order valence-electron chi connectivity index (χ0n) is 14.1. The number of hydrogen-bond acceptors (Lipinski definition) is 3. The van der Waals surface area contributed by atoms with Crippen molar-refractivity contribution >= 4 is 12.4 Å². The summed E-state index contributed by atoms with van der Waals surface area (Å²) in [6.45, 7) is 4.08. The lowest BCUT2D eigenvalue weighted by molar-refractivity contribution is -0.104. The Balaban J connectivity index is 2.32. The Bertz CT molecular complexity index is 897. The first-order chi connectivity index (χ1) is 12.1. The van der Waals surface area contributed by atoms with Gasteiger partial charge in [0.2, 0.25) is 0 Å². The molecule has 0 radical (unpaired) electrons. The summed E-state index contributed by atoms with van der Waals surface area (Å²) in [5.74, 6) is 0.506. The molecule has 0 bridgehead atoms. The molecule has 0 unspecified atom stereocenters. The van der Waals surface area contributed by atoms with Crippen LogP contribution >= 0.6 is 0 Å². The molecule has 0 saturated carbocycles. The summed E-state index contributed by atoms with van der Waals surface area (Å²) in [5.41, 5.74) is 3.26. The van der Waals surface area contributed by atoms with E-state index >= 15 is 0 Å². The molecule has 0 aliphatic heterocycles. The van der Waals surface area contributed by atoms with Crippen LogP contribution in [0.25, 0.3) is 23.2 Å². The standard InChI is InChI=1S/C20H18FN3O/c1-14(2)19-17(6-5-13-25)20(15-8-10-16(21)11-9-15)24(23-19)18-7-3-4-12-22-18/h3-14H,1-2H3. The smallest absolute Gasteiger partial charge is 0.154 e. The number of allylic oxidation sites excluding steroid dienone is 1. The number of halogens is 1. The molecule has 0 N–H and O–H groups in total. The average Bonchev–Trinajstić information content (AvgIpc) is 3.01. The molecule has 4 nitrogen and oxygen atoms in total. The molecule has 2 heterocycles. The largest absolute Gasteiger partial charge is 0.299 e. The van der Waals surface area contributed by atoms with E-state index < -0.39 is 0 Å². The minimum Gasteiger partial charge on any atom is -0.299 e. The van der Waals surface area contributed by atoms with E-state index in [0.717, 1.165) is 28.8 Å². The van der Waals surface area contributed by atoms with Crippen LogP contribution in [0.15, 0.2) is 54.7 Å². The predicted molar refractivity (Wildman–Crippen MR) is 95.9 cm³/mol. The van der Waals surface area contributed by atoms with Gasteiger partial charge in [0.25, 0.3) is 0 Å². The van der Waals surface area contributed by atoms with Gasteiger partial charge in [0.05, 0.1) is 11.4 Å². The number of aromatic nitrogens is 3. The van der Waals surface area contributed by atoms with Crippen LogP contribution in [0.2, 0.25) is 0 Å². The van der Waals surface area contributed by atoms with Crippen molar-refractivity contribution in [1.82, 2.24) is 14.8 Å². The van der Waals surface area contributed by atoms with Crippen molar-refractivity contribution in [3.05, 3.63) is 71.8 Å². The van der Waals surface area contributed by atoms with Gasteiger partial charge in [0.1, 0.15) is 12.1 Å². The van der Waals surface area contributed by atoms with Gasteiger partial charge in [-0.05, 0) is 54.5 Å². The van der Waals surface area contributed by atoms with Crippen molar-refractivity contribution in [3.63, 3.8) is 0 Å². The van der Waals surface area contributed by atoms with Gasteiger partial charge >= 0.3 is 0 Å². The highest BCUT2D eigenvalue weighted by Gasteiger charge is 2.21. The molecular formula is C20H18FN3O. The zero-order valence-corrected chi connectivity index (χ0v) is 14.1. The summed E-state index contributed by atoms with van der Waals surface area (Å²) >= 11 is 0. The van der Waals surface area contributed by atoms with Crippen molar-refractivity contribution < 1.29 is 9.18 Å². The Morgan fingerprint density at radius 1 is 1.12 bits per heavy atom. The number of carbonyl (C=O) groups is 1. The monoisotopic (exact) mass is 335 g/mol. The molecule has 25 heavy (non-hydrogen) atoms. The topological polar surface area (TPSA) is 47.8 Å². The number of aldehydes is 1. The van der Waals surface area contributed by atoms with E-state index in [0.29, 0.717) is 5.82 Å². The fourth-order valence-electron chi connectivity index (χ4n) is 2.70. The maximum Gasteiger partial charge on any atom is 0.154 e. The van der Waals surface area contributed by atoms with Crippen molar-refractivity contribution in [2.45, 2.75) is 19.8 Å². The second kappa shape index (κ2) is 7.21. The van der Waals surface area contributed by atoms with E-state index in [1.807, 2.05) is 32.0 Å². The van der Waals surface area contributed by atoms with E-state index in [2.05, 4.69) is 4.98 Å². The second-order valence-electron chi connectivity index (χ2n) is 5.90. The third-order valence-corrected chi connectivity index (χ3v) is 3.82. The Morgan fingerprint density at radius 3 is 2.48 bits per heavy atom. The molecule has 126 valence electrons. The highest BCUT2D eigenvalue weighted by Crippen LogP contribution is 2.33. The molecule has 3 aromatic rings. The van der Waals surface area contributed by atoms with Crippen molar-refractivity contribution in [1.29, 1.82) is 0 Å². The lowest BCUT2D eigenvalue weighted by atomic mass is 10.00. The van der Waals surface area contributed by atoms with Crippen molar-refractivity contribution in [2.75, 3.05) is 0 Å². The lowest BCUT2D eigenvalue weighted by Gasteiger charge is -2.08. The van der Waals surface area contributed by atoms with Crippen LogP contribution < -0.4 is 0 Å². The zero-order chi connectivity index (χ0) is 17.8. The number of nitrogens with zero attached hydrogens (tertiary/aromatic N) is 3. The third-order valence-electron chi connectivity index (χ3n) is 3.82. The maximum absolute atomic E-state index is 13.4. The molecule has 0 fully saturated rings. The van der Waals surface area contributed by atoms with Crippen LogP contribution in [0.4, 0.5) is 4.39 Å². The fraction of sp³-hybridized carbons (Fsp3) is 0.150. The molecular weight excluding hydrogens is 317 g/mol. The highest BCUT2D eigenvalue weighted by atomic mass is 19.1. The molecule has 0 aliphatic rings. The quantitative estimate of drug-likeness (QED) is 0.512. The average molecular weight is 335 g/mol. The lowest BCUT2D eigenvalue weighted by Crippen LogP contribution is -2.02. The minimum absolute atomic E-state index is 0.149. The maximum atomic E-state index is 13.4. The van der Waals surface area contributed by atoms with E-state index in [-0.39, 0.29) is 11.7 Å². The number of hydrogen-bond donors (Lipinski definition) is 0. The van der Waals surface area contributed by atoms with Gasteiger partial charge in [0.15, 0.2) is 5.82 Å². The third kappa shape index (κ3) is 3.40. The molecule has 0 atom stereocenters. The first kappa shape index (κ1) is 16.8. The summed E-state index contributed by atoms with van der Waals surface area (Å²) in [5, 5.41) is 4.72. The van der Waals surface area contributed by atoms with E-state index in [1.54, 1.807) is 29.1 Å². The molecule has 0 saturated heterocycles. The Hall–Kier alpha value is -3.08. The Labute approximate surface area is 145 Å². The van der Waals surface area contributed by atoms with Gasteiger partial charge in [0, 0.05) is 17.3 Å². The number of rotatable bonds is 5. The van der Waals surface area contributed by atoms with Crippen LogP contribution in [0.5, 0.6) is 0 Å². The predicted octanol–water partition coefficient (Wildman–Crippen LogP) is 4.41. The van der Waals surface area contributed by atoms with Crippen LogP contribution in [-0.4, -0.2) is 21.1 Å². The van der Waals surface area contributed by atoms with E-state index in [1.165, 1.54) is 18.2 Å². The van der Waals surface area contributed by atoms with Crippen LogP contribution in [0, 0.1) is 5.82 Å². The molecule has 5 heteroatoms. The highest BCUT2D eigenvalue weighted by molar-refractivity contribution is 5.81. The van der Waals surface area contributed by atoms with Crippen molar-refractivity contribution in [2.24, 2.45) is 0 Å². The first-order valence-corrected chi connectivity index (χ1v) is 8.04. The number of benzene rings is 1. The van der Waals surface area contributed by atoms with Gasteiger partial charge < -0.3 is 0 Å². The van der Waals surface area contributed by atoms with Gasteiger partial charge in [-0.1, -0.05) is 19.9 Å². The summed E-state index contributed by atoms with van der Waals surface area (Å²) in [6, 6.07) is 11.8. The number of pyridine rings is 1. The molecule has 1 aromatic carbocycles. The van der Waals surface area contributed by atoms with Crippen LogP contribution in [-0.2, 0) is 4.79 Å². The molecule has 0 aliphatic carbocycles. The second-order valence-corrected chi connectivity index (χ2v) is 5.90. The van der Waals surface area contributed by atoms with Gasteiger partial charge in [-0.15, -0.1) is 0 Å². The van der Waals surface area contributed by atoms with Gasteiger partial charge in [-0.2, -0.15) is 5.10 Å². The van der Waals surface area contributed by atoms with Crippen molar-refractivity contribution in [3.8, 4) is 17.1 Å². The molecule has 3 rings (SSSR count). The minimum atomic E-state index is -0.304. The van der Waals surface area contributed by atoms with Crippen LogP contribution in [0.1, 0.15) is 31.0 Å². The Morgan fingerprint density at radius 2 is 1.88 bits per heavy atom. The summed E-state index contributed by atoms with van der Waals surface area (Å²) in [7, 11) is 0. The first-order valence-electron chi connectivity index (χ1n) is 8.04. The van der Waals surface area contributed by atoms with E-state index in [4.69, 9.17) is 5.10 Å². The Kier molecular flexibility index (Phi) is 4.84. The van der Waals surface area contributed by atoms with Crippen LogP contribution in [0.3, 0.4) is 0 Å².